The number of ketones is 1. The molecule has 6 nitrogen and oxygen atoms in total. The molecule has 2 N–H and O–H groups in total. The van der Waals surface area contributed by atoms with Crippen molar-refractivity contribution in [2.45, 2.75) is 38.7 Å². The largest absolute Gasteiger partial charge is 0.444 e. The summed E-state index contributed by atoms with van der Waals surface area (Å²) in [5.41, 5.74) is -0.350. The lowest BCUT2D eigenvalue weighted by atomic mass is 10.0. The minimum atomic E-state index is -1.47. The fourth-order valence-electron chi connectivity index (χ4n) is 1.62. The highest BCUT2D eigenvalue weighted by molar-refractivity contribution is 6.01. The number of Topliss-reactive ketones (excluding diaryl/α,β-unsaturated/α-hetero) is 1. The molecule has 0 saturated heterocycles. The van der Waals surface area contributed by atoms with E-state index in [1.165, 1.54) is 7.11 Å². The second-order valence-electron chi connectivity index (χ2n) is 5.48. The number of nitrogens with one attached hydrogen (secondary N) is 1. The topological polar surface area (TPSA) is 84.9 Å². The third-order valence-corrected chi connectivity index (χ3v) is 2.54. The van der Waals surface area contributed by atoms with Gasteiger partial charge in [-0.15, -0.1) is 0 Å². The predicted molar refractivity (Wildman–Crippen MR) is 76.9 cm³/mol. The van der Waals surface area contributed by atoms with Crippen LogP contribution in [-0.2, 0) is 9.47 Å². The van der Waals surface area contributed by atoms with E-state index in [0.717, 1.165) is 0 Å². The third-order valence-electron chi connectivity index (χ3n) is 2.54. The maximum atomic E-state index is 12.3. The van der Waals surface area contributed by atoms with Crippen LogP contribution < -0.4 is 5.32 Å². The molecule has 1 aromatic rings. The molecule has 0 aromatic heterocycles. The molecule has 0 bridgehead atoms. The average Bonchev–Trinajstić information content (AvgIpc) is 2.42. The molecular weight excluding hydrogens is 274 g/mol. The van der Waals surface area contributed by atoms with Crippen molar-refractivity contribution in [3.05, 3.63) is 35.9 Å². The Morgan fingerprint density at radius 1 is 1.19 bits per heavy atom. The van der Waals surface area contributed by atoms with Crippen molar-refractivity contribution in [2.75, 3.05) is 7.11 Å². The number of benzene rings is 1. The predicted octanol–water partition coefficient (Wildman–Crippen LogP) is 1.73. The molecule has 0 radical (unpaired) electrons. The van der Waals surface area contributed by atoms with Gasteiger partial charge in [-0.05, 0) is 20.8 Å². The van der Waals surface area contributed by atoms with Gasteiger partial charge in [-0.25, -0.2) is 4.79 Å². The van der Waals surface area contributed by atoms with Gasteiger partial charge < -0.3 is 19.9 Å². The van der Waals surface area contributed by atoms with Crippen LogP contribution in [0.2, 0.25) is 0 Å². The van der Waals surface area contributed by atoms with Crippen molar-refractivity contribution in [3.63, 3.8) is 0 Å². The second kappa shape index (κ2) is 7.19. The monoisotopic (exact) mass is 295 g/mol. The minimum absolute atomic E-state index is 0.356. The maximum Gasteiger partial charge on any atom is 0.408 e. The Labute approximate surface area is 124 Å². The van der Waals surface area contributed by atoms with Gasteiger partial charge in [0, 0.05) is 12.7 Å². The summed E-state index contributed by atoms with van der Waals surface area (Å²) >= 11 is 0. The zero-order valence-electron chi connectivity index (χ0n) is 12.6. The minimum Gasteiger partial charge on any atom is -0.444 e. The van der Waals surface area contributed by atoms with E-state index in [9.17, 15) is 14.7 Å². The number of alkyl carbamates (subject to hydrolysis) is 1. The van der Waals surface area contributed by atoms with E-state index in [0.29, 0.717) is 5.56 Å². The van der Waals surface area contributed by atoms with Gasteiger partial charge >= 0.3 is 6.09 Å². The van der Waals surface area contributed by atoms with Crippen LogP contribution in [0.1, 0.15) is 31.1 Å². The summed E-state index contributed by atoms with van der Waals surface area (Å²) in [4.78, 5) is 24.1. The highest BCUT2D eigenvalue weighted by atomic mass is 16.6. The van der Waals surface area contributed by atoms with Gasteiger partial charge in [0.15, 0.2) is 12.1 Å². The summed E-state index contributed by atoms with van der Waals surface area (Å²) in [6, 6.07) is 7.09. The number of rotatable bonds is 5. The van der Waals surface area contributed by atoms with E-state index in [4.69, 9.17) is 9.47 Å². The lowest BCUT2D eigenvalue weighted by Crippen LogP contribution is -2.50. The van der Waals surface area contributed by atoms with Gasteiger partial charge in [0.05, 0.1) is 0 Å². The van der Waals surface area contributed by atoms with Crippen LogP contribution in [0.3, 0.4) is 0 Å². The van der Waals surface area contributed by atoms with Crippen LogP contribution in [0, 0.1) is 0 Å². The molecule has 6 heteroatoms. The molecule has 0 saturated carbocycles. The van der Waals surface area contributed by atoms with Crippen LogP contribution in [0.4, 0.5) is 4.79 Å². The van der Waals surface area contributed by atoms with Crippen LogP contribution in [0.25, 0.3) is 0 Å². The summed E-state index contributed by atoms with van der Waals surface area (Å²) in [5.74, 6) is -0.462. The summed E-state index contributed by atoms with van der Waals surface area (Å²) in [6.45, 7) is 5.11. The number of methoxy groups -OCH3 is 1. The van der Waals surface area contributed by atoms with Crippen molar-refractivity contribution in [3.8, 4) is 0 Å². The fourth-order valence-corrected chi connectivity index (χ4v) is 1.62. The number of carbonyl (C=O) groups is 2. The van der Waals surface area contributed by atoms with Crippen molar-refractivity contribution in [1.82, 2.24) is 5.32 Å². The Kier molecular flexibility index (Phi) is 5.87. The average molecular weight is 295 g/mol. The van der Waals surface area contributed by atoms with E-state index in [1.54, 1.807) is 51.1 Å². The molecule has 2 atom stereocenters. The first kappa shape index (κ1) is 17.1. The van der Waals surface area contributed by atoms with Gasteiger partial charge in [0.1, 0.15) is 11.6 Å². The van der Waals surface area contributed by atoms with E-state index >= 15 is 0 Å². The molecule has 1 aromatic carbocycles. The zero-order valence-corrected chi connectivity index (χ0v) is 12.6. The summed E-state index contributed by atoms with van der Waals surface area (Å²) in [5, 5.41) is 12.1. The van der Waals surface area contributed by atoms with Crippen LogP contribution in [-0.4, -0.2) is 42.0 Å². The van der Waals surface area contributed by atoms with Crippen molar-refractivity contribution in [1.29, 1.82) is 0 Å². The third kappa shape index (κ3) is 5.53. The smallest absolute Gasteiger partial charge is 0.408 e. The van der Waals surface area contributed by atoms with Gasteiger partial charge in [-0.3, -0.25) is 4.79 Å². The molecule has 0 aliphatic heterocycles. The summed E-state index contributed by atoms with van der Waals surface area (Å²) in [7, 11) is 1.24. The molecule has 0 spiro atoms. The van der Waals surface area contributed by atoms with E-state index in [1.807, 2.05) is 0 Å². The SMILES string of the molecule is COC(O)C(NC(=O)OC(C)(C)C)C(=O)c1ccccc1. The summed E-state index contributed by atoms with van der Waals surface area (Å²) < 4.78 is 9.83. The quantitative estimate of drug-likeness (QED) is 0.638. The number of carbonyl (C=O) groups excluding carboxylic acids is 2. The maximum absolute atomic E-state index is 12.3. The molecule has 0 aliphatic rings. The molecule has 0 heterocycles. The van der Waals surface area contributed by atoms with Gasteiger partial charge in [-0.2, -0.15) is 0 Å². The second-order valence-corrected chi connectivity index (χ2v) is 5.48. The highest BCUT2D eigenvalue weighted by Gasteiger charge is 2.31. The Bertz CT molecular complexity index is 481. The van der Waals surface area contributed by atoms with Crippen molar-refractivity contribution in [2.24, 2.45) is 0 Å². The molecular formula is C15H21NO5. The van der Waals surface area contributed by atoms with Crippen LogP contribution >= 0.6 is 0 Å². The number of hydrogen-bond acceptors (Lipinski definition) is 5. The molecule has 116 valence electrons. The van der Waals surface area contributed by atoms with Gasteiger partial charge in [0.2, 0.25) is 0 Å². The van der Waals surface area contributed by atoms with E-state index in [-0.39, 0.29) is 0 Å². The summed E-state index contributed by atoms with van der Waals surface area (Å²) in [6.07, 6.45) is -2.27. The van der Waals surface area contributed by atoms with Crippen molar-refractivity contribution >= 4 is 11.9 Å². The fraction of sp³-hybridized carbons (Fsp3) is 0.467. The first-order valence-corrected chi connectivity index (χ1v) is 6.54. The zero-order chi connectivity index (χ0) is 16.0. The van der Waals surface area contributed by atoms with Crippen LogP contribution in [0.15, 0.2) is 30.3 Å². The van der Waals surface area contributed by atoms with Crippen molar-refractivity contribution < 1.29 is 24.2 Å². The normalized spacial score (nSPS) is 14.1. The number of aliphatic hydroxyl groups excluding tert-OH is 1. The molecule has 0 fully saturated rings. The Morgan fingerprint density at radius 2 is 1.76 bits per heavy atom. The number of ether oxygens (including phenoxy) is 2. The molecule has 1 amide bonds. The Hall–Kier alpha value is -1.92. The van der Waals surface area contributed by atoms with Gasteiger partial charge in [-0.1, -0.05) is 30.3 Å². The van der Waals surface area contributed by atoms with Gasteiger partial charge in [0.25, 0.3) is 0 Å². The Balaban J connectivity index is 2.87. The highest BCUT2D eigenvalue weighted by Crippen LogP contribution is 2.10. The van der Waals surface area contributed by atoms with E-state index in [2.05, 4.69) is 5.32 Å². The van der Waals surface area contributed by atoms with E-state index < -0.39 is 29.8 Å². The molecule has 1 rings (SSSR count). The van der Waals surface area contributed by atoms with Crippen LogP contribution in [0.5, 0.6) is 0 Å². The first-order valence-electron chi connectivity index (χ1n) is 6.54. The number of aliphatic hydroxyl groups is 1. The lowest BCUT2D eigenvalue weighted by Gasteiger charge is -2.25. The number of amides is 1. The number of hydrogen-bond donors (Lipinski definition) is 2. The lowest BCUT2D eigenvalue weighted by molar-refractivity contribution is -0.0887. The molecule has 2 unspecified atom stereocenters. The standard InChI is InChI=1S/C15H21NO5/c1-15(2,3)21-14(19)16-11(13(18)20-4)12(17)10-8-6-5-7-9-10/h5-9,11,13,18H,1-4H3,(H,16,19). The first-order chi connectivity index (χ1) is 9.74. The molecule has 21 heavy (non-hydrogen) atoms. The molecule has 0 aliphatic carbocycles. The Morgan fingerprint density at radius 3 is 2.24 bits per heavy atom.